The zero-order valence-corrected chi connectivity index (χ0v) is 35.2. The van der Waals surface area contributed by atoms with Gasteiger partial charge in [-0.3, -0.25) is 13.8 Å². The van der Waals surface area contributed by atoms with Crippen LogP contribution in [-0.4, -0.2) is 47.8 Å². The third-order valence-electron chi connectivity index (χ3n) is 10.1. The quantitative estimate of drug-likeness (QED) is 0.0277. The highest BCUT2D eigenvalue weighted by Gasteiger charge is 2.26. The molecule has 52 heavy (non-hydrogen) atoms. The van der Waals surface area contributed by atoms with Crippen LogP contribution >= 0.6 is 7.82 Å². The van der Waals surface area contributed by atoms with Crippen LogP contribution in [0.4, 0.5) is 0 Å². The highest BCUT2D eigenvalue weighted by atomic mass is 31.2. The molecule has 0 aliphatic heterocycles. The van der Waals surface area contributed by atoms with Crippen LogP contribution in [0.5, 0.6) is 0 Å². The number of carbonyl (C=O) groups excluding carboxylic acids is 1. The predicted molar refractivity (Wildman–Crippen MR) is 222 cm³/mol. The summed E-state index contributed by atoms with van der Waals surface area (Å²) in [5.74, 6) is -0.190. The number of nitrogens with two attached hydrogens (primary N) is 1. The van der Waals surface area contributed by atoms with Crippen LogP contribution in [0, 0.1) is 0 Å². The molecule has 0 aromatic heterocycles. The molecule has 0 heterocycles. The Hall–Kier alpha value is -0.760. The number of allylic oxidation sites excluding steroid dienone is 1. The van der Waals surface area contributed by atoms with Crippen LogP contribution in [0.2, 0.25) is 0 Å². The van der Waals surface area contributed by atoms with Crippen molar-refractivity contribution in [3.8, 4) is 0 Å². The van der Waals surface area contributed by atoms with Gasteiger partial charge in [-0.2, -0.15) is 0 Å². The Morgan fingerprint density at radius 1 is 0.615 bits per heavy atom. The maximum absolute atomic E-state index is 12.8. The van der Waals surface area contributed by atoms with Crippen LogP contribution in [0.1, 0.15) is 226 Å². The minimum absolute atomic E-state index is 0.0814. The summed E-state index contributed by atoms with van der Waals surface area (Å²) in [6.07, 6.45) is 44.0. The molecule has 1 amide bonds. The summed E-state index contributed by atoms with van der Waals surface area (Å²) in [4.78, 5) is 22.7. The molecule has 9 heteroatoms. The average molecular weight is 759 g/mol. The lowest BCUT2D eigenvalue weighted by Gasteiger charge is -2.23. The van der Waals surface area contributed by atoms with E-state index in [9.17, 15) is 19.4 Å². The van der Waals surface area contributed by atoms with Crippen LogP contribution in [-0.2, 0) is 18.4 Å². The van der Waals surface area contributed by atoms with Gasteiger partial charge < -0.3 is 21.1 Å². The lowest BCUT2D eigenvalue weighted by Crippen LogP contribution is -2.45. The fourth-order valence-corrected chi connectivity index (χ4v) is 7.48. The van der Waals surface area contributed by atoms with E-state index in [1.807, 2.05) is 6.08 Å². The second kappa shape index (κ2) is 39.9. The van der Waals surface area contributed by atoms with Crippen molar-refractivity contribution >= 4 is 13.7 Å². The molecule has 0 fully saturated rings. The number of rotatable bonds is 42. The Bertz CT molecular complexity index is 829. The normalized spacial score (nSPS) is 14.2. The zero-order chi connectivity index (χ0) is 38.2. The van der Waals surface area contributed by atoms with Crippen molar-refractivity contribution in [3.63, 3.8) is 0 Å². The lowest BCUT2D eigenvalue weighted by molar-refractivity contribution is -0.123. The highest BCUT2D eigenvalue weighted by Crippen LogP contribution is 2.43. The Balaban J connectivity index is 4.16. The molecule has 8 nitrogen and oxygen atoms in total. The van der Waals surface area contributed by atoms with Gasteiger partial charge in [-0.15, -0.1) is 0 Å². The van der Waals surface area contributed by atoms with Gasteiger partial charge in [-0.1, -0.05) is 212 Å². The smallest absolute Gasteiger partial charge is 0.387 e. The van der Waals surface area contributed by atoms with Gasteiger partial charge in [-0.05, 0) is 19.3 Å². The number of amides is 1. The third-order valence-corrected chi connectivity index (χ3v) is 11.1. The Morgan fingerprint density at radius 3 is 1.37 bits per heavy atom. The van der Waals surface area contributed by atoms with Gasteiger partial charge in [0.05, 0.1) is 25.4 Å². The van der Waals surface area contributed by atoms with Crippen molar-refractivity contribution < 1.29 is 28.4 Å². The first-order valence-corrected chi connectivity index (χ1v) is 23.8. The van der Waals surface area contributed by atoms with Crippen molar-refractivity contribution in [2.24, 2.45) is 5.73 Å². The molecule has 0 bridgehead atoms. The van der Waals surface area contributed by atoms with Crippen LogP contribution in [0.15, 0.2) is 12.2 Å². The summed E-state index contributed by atoms with van der Waals surface area (Å²) in [5, 5.41) is 13.7. The minimum Gasteiger partial charge on any atom is -0.387 e. The summed E-state index contributed by atoms with van der Waals surface area (Å²) in [6.45, 7) is 4.16. The first-order valence-electron chi connectivity index (χ1n) is 22.3. The molecule has 0 radical (unpaired) electrons. The van der Waals surface area contributed by atoms with E-state index in [-0.39, 0.29) is 25.7 Å². The van der Waals surface area contributed by atoms with Gasteiger partial charge in [0.15, 0.2) is 0 Å². The Labute approximate surface area is 322 Å². The molecule has 5 N–H and O–H groups in total. The zero-order valence-electron chi connectivity index (χ0n) is 34.3. The van der Waals surface area contributed by atoms with Crippen LogP contribution < -0.4 is 11.1 Å². The van der Waals surface area contributed by atoms with Crippen molar-refractivity contribution in [2.75, 3.05) is 19.8 Å². The number of phosphoric ester groups is 1. The molecule has 0 saturated heterocycles. The molecule has 1 unspecified atom stereocenters. The van der Waals surface area contributed by atoms with E-state index in [0.717, 1.165) is 38.5 Å². The van der Waals surface area contributed by atoms with Gasteiger partial charge in [0.25, 0.3) is 0 Å². The van der Waals surface area contributed by atoms with Gasteiger partial charge in [0.2, 0.25) is 5.91 Å². The average Bonchev–Trinajstić information content (AvgIpc) is 3.13. The van der Waals surface area contributed by atoms with Crippen LogP contribution in [0.3, 0.4) is 0 Å². The van der Waals surface area contributed by atoms with Crippen molar-refractivity contribution in [3.05, 3.63) is 12.2 Å². The first kappa shape index (κ1) is 51.2. The number of hydrogen-bond acceptors (Lipinski definition) is 6. The number of unbranched alkanes of at least 4 members (excludes halogenated alkanes) is 30. The molecule has 0 spiro atoms. The maximum atomic E-state index is 12.8. The molecule has 310 valence electrons. The van der Waals surface area contributed by atoms with E-state index in [4.69, 9.17) is 14.8 Å². The molecular formula is C43H87N2O6P. The number of carbonyl (C=O) groups is 1. The van der Waals surface area contributed by atoms with E-state index in [2.05, 4.69) is 19.2 Å². The van der Waals surface area contributed by atoms with Gasteiger partial charge in [0, 0.05) is 13.0 Å². The fraction of sp³-hybridized carbons (Fsp3) is 0.930. The second-order valence-corrected chi connectivity index (χ2v) is 16.7. The number of hydrogen-bond donors (Lipinski definition) is 4. The SMILES string of the molecule is CCCCCCCCCCCCCCC/C=C/[C@@H](O)[C@H](COP(=O)(O)OCCN)NC(=O)CCCCCCCCCCCCCCCCCCCC. The number of phosphoric acid groups is 1. The Kier molecular flexibility index (Phi) is 39.3. The molecule has 0 aliphatic carbocycles. The van der Waals surface area contributed by atoms with E-state index < -0.39 is 20.0 Å². The van der Waals surface area contributed by atoms with Crippen molar-refractivity contribution in [1.82, 2.24) is 5.32 Å². The standard InChI is InChI=1S/C43H87N2O6P/c1-3-5-7-9-11-13-15-17-19-20-21-23-25-27-29-31-33-35-37-43(47)45-41(40-51-52(48,49)50-39-38-44)42(46)36-34-32-30-28-26-24-22-18-16-14-12-10-8-6-4-2/h34,36,41-42,46H,3-33,35,37-40,44H2,1-2H3,(H,45,47)(H,48,49)/b36-34+/t41-,42+/m0/s1. The van der Waals surface area contributed by atoms with Crippen molar-refractivity contribution in [2.45, 2.75) is 238 Å². The molecule has 0 aromatic carbocycles. The van der Waals surface area contributed by atoms with E-state index in [0.29, 0.717) is 6.42 Å². The first-order chi connectivity index (χ1) is 25.4. The number of nitrogens with one attached hydrogen (secondary N) is 1. The molecule has 0 saturated carbocycles. The molecule has 0 aliphatic rings. The second-order valence-electron chi connectivity index (χ2n) is 15.3. The lowest BCUT2D eigenvalue weighted by atomic mass is 10.0. The van der Waals surface area contributed by atoms with Crippen molar-refractivity contribution in [1.29, 1.82) is 0 Å². The Morgan fingerprint density at radius 2 is 0.981 bits per heavy atom. The summed E-state index contributed by atoms with van der Waals surface area (Å²) in [6, 6.07) is -0.854. The molecule has 3 atom stereocenters. The minimum atomic E-state index is -4.33. The topological polar surface area (TPSA) is 131 Å². The van der Waals surface area contributed by atoms with Gasteiger partial charge >= 0.3 is 7.82 Å². The van der Waals surface area contributed by atoms with Crippen LogP contribution in [0.25, 0.3) is 0 Å². The van der Waals surface area contributed by atoms with E-state index >= 15 is 0 Å². The summed E-state index contributed by atoms with van der Waals surface area (Å²) >= 11 is 0. The molecule has 0 aromatic rings. The van der Waals surface area contributed by atoms with Gasteiger partial charge in [-0.25, -0.2) is 4.57 Å². The fourth-order valence-electron chi connectivity index (χ4n) is 6.72. The highest BCUT2D eigenvalue weighted by molar-refractivity contribution is 7.47. The summed E-state index contributed by atoms with van der Waals surface area (Å²) in [5.41, 5.74) is 5.37. The largest absolute Gasteiger partial charge is 0.472 e. The maximum Gasteiger partial charge on any atom is 0.472 e. The number of aliphatic hydroxyl groups is 1. The summed E-state index contributed by atoms with van der Waals surface area (Å²) in [7, 11) is -4.33. The summed E-state index contributed by atoms with van der Waals surface area (Å²) < 4.78 is 22.1. The van der Waals surface area contributed by atoms with E-state index in [1.165, 1.54) is 167 Å². The van der Waals surface area contributed by atoms with Gasteiger partial charge in [0.1, 0.15) is 0 Å². The molecular weight excluding hydrogens is 671 g/mol. The predicted octanol–water partition coefficient (Wildman–Crippen LogP) is 12.4. The number of aliphatic hydroxyl groups excluding tert-OH is 1. The van der Waals surface area contributed by atoms with E-state index in [1.54, 1.807) is 6.08 Å². The monoisotopic (exact) mass is 759 g/mol. The molecule has 0 rings (SSSR count). The third kappa shape index (κ3) is 37.6.